The second-order valence-corrected chi connectivity index (χ2v) is 2.59. The molecule has 1 heteroatoms. The van der Waals surface area contributed by atoms with E-state index in [2.05, 4.69) is 44.1 Å². The summed E-state index contributed by atoms with van der Waals surface area (Å²) in [6.45, 7) is 4.36. The van der Waals surface area contributed by atoms with Crippen molar-refractivity contribution >= 4 is 0 Å². The number of likely N-dealkylation sites (N-methyl/N-ethyl adjacent to an activating group) is 1. The Morgan fingerprint density at radius 3 is 2.67 bits per heavy atom. The van der Waals surface area contributed by atoms with Crippen molar-refractivity contribution in [1.82, 2.24) is 4.90 Å². The minimum Gasteiger partial charge on any atom is -0.374 e. The van der Waals surface area contributed by atoms with E-state index >= 15 is 0 Å². The molecule has 0 saturated heterocycles. The van der Waals surface area contributed by atoms with Gasteiger partial charge in [0.2, 0.25) is 0 Å². The topological polar surface area (TPSA) is 3.24 Å². The average molecular weight is 123 g/mol. The third kappa shape index (κ3) is 1.15. The minimum atomic E-state index is 0.579. The second-order valence-electron chi connectivity index (χ2n) is 2.59. The summed E-state index contributed by atoms with van der Waals surface area (Å²) in [5.74, 6) is 0. The van der Waals surface area contributed by atoms with Gasteiger partial charge >= 0.3 is 0 Å². The molecular weight excluding hydrogens is 110 g/mol. The first-order valence-corrected chi connectivity index (χ1v) is 3.28. The third-order valence-corrected chi connectivity index (χ3v) is 1.95. The van der Waals surface area contributed by atoms with Gasteiger partial charge in [-0.1, -0.05) is 11.6 Å². The maximum Gasteiger partial charge on any atom is 0.0465 e. The van der Waals surface area contributed by atoms with E-state index in [1.165, 1.54) is 5.57 Å². The highest BCUT2D eigenvalue weighted by Crippen LogP contribution is 2.12. The smallest absolute Gasteiger partial charge is 0.0465 e. The zero-order chi connectivity index (χ0) is 6.85. The van der Waals surface area contributed by atoms with Gasteiger partial charge in [0.05, 0.1) is 0 Å². The molecule has 0 aliphatic carbocycles. The van der Waals surface area contributed by atoms with Gasteiger partial charge in [-0.3, -0.25) is 0 Å². The lowest BCUT2D eigenvalue weighted by molar-refractivity contribution is 0.387. The summed E-state index contributed by atoms with van der Waals surface area (Å²) < 4.78 is 0. The predicted octanol–water partition coefficient (Wildman–Crippen LogP) is 1.78. The molecule has 0 spiro atoms. The fraction of sp³-hybridized carbons (Fsp3) is 0.500. The molecule has 1 rings (SSSR count). The molecule has 0 bridgehead atoms. The van der Waals surface area contributed by atoms with Gasteiger partial charge in [-0.15, -0.1) is 0 Å². The van der Waals surface area contributed by atoms with Gasteiger partial charge < -0.3 is 4.90 Å². The van der Waals surface area contributed by atoms with Crippen LogP contribution in [-0.2, 0) is 0 Å². The van der Waals surface area contributed by atoms with E-state index in [9.17, 15) is 0 Å². The van der Waals surface area contributed by atoms with Crippen LogP contribution in [0.5, 0.6) is 0 Å². The van der Waals surface area contributed by atoms with Crippen LogP contribution in [0.3, 0.4) is 0 Å². The van der Waals surface area contributed by atoms with Crippen molar-refractivity contribution in [3.05, 3.63) is 23.9 Å². The van der Waals surface area contributed by atoms with Crippen molar-refractivity contribution in [3.8, 4) is 0 Å². The second kappa shape index (κ2) is 2.26. The normalized spacial score (nSPS) is 26.3. The van der Waals surface area contributed by atoms with Gasteiger partial charge in [0.15, 0.2) is 0 Å². The fourth-order valence-corrected chi connectivity index (χ4v) is 0.920. The Labute approximate surface area is 56.7 Å². The Morgan fingerprint density at radius 1 is 1.56 bits per heavy atom. The molecule has 1 aliphatic rings. The first-order valence-electron chi connectivity index (χ1n) is 3.28. The van der Waals surface area contributed by atoms with Crippen molar-refractivity contribution in [2.45, 2.75) is 19.9 Å². The van der Waals surface area contributed by atoms with Crippen LogP contribution >= 0.6 is 0 Å². The Hall–Kier alpha value is -0.720. The zero-order valence-corrected chi connectivity index (χ0v) is 6.26. The molecule has 0 N–H and O–H groups in total. The van der Waals surface area contributed by atoms with Gasteiger partial charge in [-0.05, 0) is 26.1 Å². The van der Waals surface area contributed by atoms with Crippen LogP contribution in [0.25, 0.3) is 0 Å². The van der Waals surface area contributed by atoms with Crippen LogP contribution < -0.4 is 0 Å². The molecule has 0 radical (unpaired) electrons. The number of nitrogens with zero attached hydrogens (tertiary/aromatic N) is 1. The molecule has 1 nitrogen and oxygen atoms in total. The molecule has 9 heavy (non-hydrogen) atoms. The Morgan fingerprint density at radius 2 is 2.22 bits per heavy atom. The molecule has 1 heterocycles. The summed E-state index contributed by atoms with van der Waals surface area (Å²) in [7, 11) is 2.09. The lowest BCUT2D eigenvalue weighted by Crippen LogP contribution is -2.26. The van der Waals surface area contributed by atoms with Gasteiger partial charge in [-0.2, -0.15) is 0 Å². The van der Waals surface area contributed by atoms with Gasteiger partial charge in [-0.25, -0.2) is 0 Å². The highest BCUT2D eigenvalue weighted by Gasteiger charge is 2.08. The van der Waals surface area contributed by atoms with E-state index in [1.807, 2.05) is 0 Å². The summed E-state index contributed by atoms with van der Waals surface area (Å²) in [6, 6.07) is 0.579. The molecule has 0 aromatic rings. The van der Waals surface area contributed by atoms with Crippen molar-refractivity contribution in [2.24, 2.45) is 0 Å². The monoisotopic (exact) mass is 123 g/mol. The zero-order valence-electron chi connectivity index (χ0n) is 6.26. The van der Waals surface area contributed by atoms with E-state index < -0.39 is 0 Å². The van der Waals surface area contributed by atoms with Crippen LogP contribution in [-0.4, -0.2) is 18.0 Å². The quantitative estimate of drug-likeness (QED) is 0.474. The summed E-state index contributed by atoms with van der Waals surface area (Å²) >= 11 is 0. The van der Waals surface area contributed by atoms with Crippen LogP contribution in [0, 0.1) is 0 Å². The van der Waals surface area contributed by atoms with Crippen LogP contribution in [0.1, 0.15) is 13.8 Å². The number of rotatable bonds is 0. The van der Waals surface area contributed by atoms with Gasteiger partial charge in [0.1, 0.15) is 0 Å². The molecule has 1 atom stereocenters. The fourth-order valence-electron chi connectivity index (χ4n) is 0.920. The maximum absolute atomic E-state index is 2.20. The first-order chi connectivity index (χ1) is 4.22. The molecule has 0 saturated carbocycles. The molecule has 0 aromatic carbocycles. The summed E-state index contributed by atoms with van der Waals surface area (Å²) in [5, 5.41) is 0. The third-order valence-electron chi connectivity index (χ3n) is 1.95. The number of hydrogen-bond acceptors (Lipinski definition) is 1. The predicted molar refractivity (Wildman–Crippen MR) is 40.1 cm³/mol. The molecule has 0 aromatic heterocycles. The summed E-state index contributed by atoms with van der Waals surface area (Å²) in [4.78, 5) is 2.20. The molecule has 50 valence electrons. The van der Waals surface area contributed by atoms with Crippen molar-refractivity contribution < 1.29 is 0 Å². The van der Waals surface area contributed by atoms with Crippen LogP contribution in [0.2, 0.25) is 0 Å². The summed E-state index contributed by atoms with van der Waals surface area (Å²) in [5.41, 5.74) is 1.43. The largest absolute Gasteiger partial charge is 0.374 e. The van der Waals surface area contributed by atoms with Crippen LogP contribution in [0.15, 0.2) is 23.9 Å². The van der Waals surface area contributed by atoms with Crippen LogP contribution in [0.4, 0.5) is 0 Å². The molecular formula is C8H13N. The van der Waals surface area contributed by atoms with E-state index in [4.69, 9.17) is 0 Å². The first kappa shape index (κ1) is 6.40. The van der Waals surface area contributed by atoms with Gasteiger partial charge in [0, 0.05) is 13.1 Å². The van der Waals surface area contributed by atoms with E-state index in [-0.39, 0.29) is 0 Å². The Bertz CT molecular complexity index is 156. The molecule has 1 unspecified atom stereocenters. The summed E-state index contributed by atoms with van der Waals surface area (Å²) in [6.07, 6.45) is 6.33. The highest BCUT2D eigenvalue weighted by atomic mass is 15.1. The molecule has 0 fully saturated rings. The van der Waals surface area contributed by atoms with E-state index in [1.54, 1.807) is 0 Å². The standard InChI is InChI=1S/C8H13N/c1-7-5-4-6-9(3)8(7)2/h4-6,8H,1-3H3. The SMILES string of the molecule is CC1=CC=CN(C)C1C. The Kier molecular flexibility index (Phi) is 1.60. The minimum absolute atomic E-state index is 0.579. The van der Waals surface area contributed by atoms with Crippen molar-refractivity contribution in [1.29, 1.82) is 0 Å². The van der Waals surface area contributed by atoms with Gasteiger partial charge in [0.25, 0.3) is 0 Å². The highest BCUT2D eigenvalue weighted by molar-refractivity contribution is 5.20. The Balaban J connectivity index is 2.73. The van der Waals surface area contributed by atoms with Crippen molar-refractivity contribution in [3.63, 3.8) is 0 Å². The number of allylic oxidation sites excluding steroid dienone is 2. The number of hydrogen-bond donors (Lipinski definition) is 0. The lowest BCUT2D eigenvalue weighted by Gasteiger charge is -2.26. The molecule has 1 aliphatic heterocycles. The average Bonchev–Trinajstić information content (AvgIpc) is 1.83. The van der Waals surface area contributed by atoms with E-state index in [0.29, 0.717) is 6.04 Å². The molecule has 0 amide bonds. The maximum atomic E-state index is 2.20. The van der Waals surface area contributed by atoms with Crippen molar-refractivity contribution in [2.75, 3.05) is 7.05 Å². The van der Waals surface area contributed by atoms with E-state index in [0.717, 1.165) is 0 Å². The lowest BCUT2D eigenvalue weighted by atomic mass is 10.1.